The van der Waals surface area contributed by atoms with Gasteiger partial charge in [0.2, 0.25) is 0 Å². The summed E-state index contributed by atoms with van der Waals surface area (Å²) in [6, 6.07) is 4.52. The maximum Gasteiger partial charge on any atom is 0.267 e. The van der Waals surface area contributed by atoms with E-state index in [0.717, 1.165) is 0 Å². The zero-order valence-corrected chi connectivity index (χ0v) is 12.8. The number of H-pyrrole nitrogens is 1. The van der Waals surface area contributed by atoms with Gasteiger partial charge in [-0.3, -0.25) is 4.79 Å². The van der Waals surface area contributed by atoms with E-state index in [9.17, 15) is 14.3 Å². The normalized spacial score (nSPS) is 12.9. The molecule has 1 atom stereocenters. The molecule has 0 aliphatic heterocycles. The standard InChI is InChI=1S/C14H16BrFN2O2/c1-7(2)13(19)6-17-14(20)12-5-9-10(16)3-8(15)4-11(9)18-12/h3-5,7,13,18-19H,6H2,1-2H3,(H,17,20). The highest BCUT2D eigenvalue weighted by Gasteiger charge is 2.15. The van der Waals surface area contributed by atoms with Crippen LogP contribution in [0.15, 0.2) is 22.7 Å². The molecular formula is C14H16BrFN2O2. The molecule has 0 aliphatic carbocycles. The number of hydrogen-bond donors (Lipinski definition) is 3. The van der Waals surface area contributed by atoms with E-state index in [1.807, 2.05) is 13.8 Å². The number of carbonyl (C=O) groups excluding carboxylic acids is 1. The molecule has 0 aliphatic rings. The molecule has 6 heteroatoms. The summed E-state index contributed by atoms with van der Waals surface area (Å²) in [6.07, 6.45) is -0.603. The van der Waals surface area contributed by atoms with Crippen molar-refractivity contribution in [3.05, 3.63) is 34.2 Å². The van der Waals surface area contributed by atoms with Crippen LogP contribution in [-0.2, 0) is 0 Å². The average Bonchev–Trinajstić information content (AvgIpc) is 2.79. The molecule has 1 heterocycles. The lowest BCUT2D eigenvalue weighted by atomic mass is 10.1. The summed E-state index contributed by atoms with van der Waals surface area (Å²) in [5.41, 5.74) is 0.819. The number of aliphatic hydroxyl groups is 1. The molecule has 0 spiro atoms. The number of aromatic amines is 1. The molecule has 0 saturated heterocycles. The second-order valence-electron chi connectivity index (χ2n) is 5.05. The van der Waals surface area contributed by atoms with E-state index < -0.39 is 11.9 Å². The van der Waals surface area contributed by atoms with Gasteiger partial charge in [-0.2, -0.15) is 0 Å². The molecule has 108 valence electrons. The van der Waals surface area contributed by atoms with Gasteiger partial charge in [-0.25, -0.2) is 4.39 Å². The van der Waals surface area contributed by atoms with Crippen LogP contribution < -0.4 is 5.32 Å². The maximum atomic E-state index is 13.7. The summed E-state index contributed by atoms with van der Waals surface area (Å²) in [6.45, 7) is 3.90. The lowest BCUT2D eigenvalue weighted by molar-refractivity contribution is 0.0868. The zero-order chi connectivity index (χ0) is 14.9. The van der Waals surface area contributed by atoms with E-state index in [-0.39, 0.29) is 24.1 Å². The first kappa shape index (κ1) is 15.0. The third-order valence-electron chi connectivity index (χ3n) is 3.14. The van der Waals surface area contributed by atoms with Gasteiger partial charge >= 0.3 is 0 Å². The number of fused-ring (bicyclic) bond motifs is 1. The van der Waals surface area contributed by atoms with Crippen LogP contribution >= 0.6 is 15.9 Å². The average molecular weight is 343 g/mol. The predicted molar refractivity (Wildman–Crippen MR) is 79.1 cm³/mol. The highest BCUT2D eigenvalue weighted by atomic mass is 79.9. The third-order valence-corrected chi connectivity index (χ3v) is 3.60. The first-order chi connectivity index (χ1) is 9.38. The van der Waals surface area contributed by atoms with E-state index >= 15 is 0 Å². The van der Waals surface area contributed by atoms with Crippen molar-refractivity contribution in [2.45, 2.75) is 20.0 Å². The van der Waals surface area contributed by atoms with Gasteiger partial charge in [0.25, 0.3) is 5.91 Å². The summed E-state index contributed by atoms with van der Waals surface area (Å²) >= 11 is 3.20. The Morgan fingerprint density at radius 3 is 2.80 bits per heavy atom. The third kappa shape index (κ3) is 3.19. The van der Waals surface area contributed by atoms with Crippen molar-refractivity contribution in [2.24, 2.45) is 5.92 Å². The van der Waals surface area contributed by atoms with Crippen LogP contribution in [0.2, 0.25) is 0 Å². The number of rotatable bonds is 4. The number of benzene rings is 1. The lowest BCUT2D eigenvalue weighted by Gasteiger charge is -2.14. The van der Waals surface area contributed by atoms with Gasteiger partial charge < -0.3 is 15.4 Å². The highest BCUT2D eigenvalue weighted by molar-refractivity contribution is 9.10. The van der Waals surface area contributed by atoms with Crippen molar-refractivity contribution in [3.63, 3.8) is 0 Å². The number of aromatic nitrogens is 1. The Kier molecular flexibility index (Phi) is 4.45. The van der Waals surface area contributed by atoms with Gasteiger partial charge in [0.05, 0.1) is 11.6 Å². The van der Waals surface area contributed by atoms with Crippen LogP contribution in [0.1, 0.15) is 24.3 Å². The van der Waals surface area contributed by atoms with Crippen LogP contribution in [0.3, 0.4) is 0 Å². The van der Waals surface area contributed by atoms with Crippen LogP contribution in [0.4, 0.5) is 4.39 Å². The second kappa shape index (κ2) is 5.93. The fourth-order valence-corrected chi connectivity index (χ4v) is 2.24. The number of halogens is 2. The largest absolute Gasteiger partial charge is 0.391 e. The van der Waals surface area contributed by atoms with Crippen molar-refractivity contribution >= 4 is 32.7 Å². The fraction of sp³-hybridized carbons (Fsp3) is 0.357. The molecule has 1 amide bonds. The topological polar surface area (TPSA) is 65.1 Å². The van der Waals surface area contributed by atoms with Gasteiger partial charge in [-0.05, 0) is 24.1 Å². The monoisotopic (exact) mass is 342 g/mol. The van der Waals surface area contributed by atoms with E-state index in [1.54, 1.807) is 6.07 Å². The molecule has 2 aromatic rings. The van der Waals surface area contributed by atoms with Gasteiger partial charge in [-0.1, -0.05) is 29.8 Å². The molecule has 3 N–H and O–H groups in total. The Morgan fingerprint density at radius 2 is 2.15 bits per heavy atom. The molecule has 1 unspecified atom stereocenters. The van der Waals surface area contributed by atoms with Crippen LogP contribution in [0.5, 0.6) is 0 Å². The minimum Gasteiger partial charge on any atom is -0.391 e. The van der Waals surface area contributed by atoms with Gasteiger partial charge in [0.1, 0.15) is 11.5 Å². The quantitative estimate of drug-likeness (QED) is 0.799. The molecule has 20 heavy (non-hydrogen) atoms. The minimum absolute atomic E-state index is 0.0615. The summed E-state index contributed by atoms with van der Waals surface area (Å²) in [4.78, 5) is 14.8. The number of hydrogen-bond acceptors (Lipinski definition) is 2. The predicted octanol–water partition coefficient (Wildman–Crippen LogP) is 2.82. The highest BCUT2D eigenvalue weighted by Crippen LogP contribution is 2.23. The van der Waals surface area contributed by atoms with Crippen molar-refractivity contribution in [1.29, 1.82) is 0 Å². The Bertz CT molecular complexity index is 639. The summed E-state index contributed by atoms with van der Waals surface area (Å²) in [5, 5.41) is 12.6. The SMILES string of the molecule is CC(C)C(O)CNC(=O)c1cc2c(F)cc(Br)cc2[nH]1. The summed E-state index contributed by atoms with van der Waals surface area (Å²) < 4.78 is 14.3. The molecule has 4 nitrogen and oxygen atoms in total. The first-order valence-electron chi connectivity index (χ1n) is 6.32. The number of carbonyl (C=O) groups is 1. The summed E-state index contributed by atoms with van der Waals surface area (Å²) in [7, 11) is 0. The van der Waals surface area contributed by atoms with Crippen molar-refractivity contribution in [2.75, 3.05) is 6.54 Å². The van der Waals surface area contributed by atoms with Crippen LogP contribution in [0.25, 0.3) is 10.9 Å². The molecule has 0 radical (unpaired) electrons. The van der Waals surface area contributed by atoms with E-state index in [2.05, 4.69) is 26.2 Å². The Hall–Kier alpha value is -1.40. The van der Waals surface area contributed by atoms with Crippen molar-refractivity contribution in [3.8, 4) is 0 Å². The molecule has 0 bridgehead atoms. The molecular weight excluding hydrogens is 327 g/mol. The maximum absolute atomic E-state index is 13.7. The molecule has 0 saturated carbocycles. The van der Waals surface area contributed by atoms with Crippen LogP contribution in [-0.4, -0.2) is 28.6 Å². The van der Waals surface area contributed by atoms with Gasteiger partial charge in [-0.15, -0.1) is 0 Å². The smallest absolute Gasteiger partial charge is 0.267 e. The van der Waals surface area contributed by atoms with Crippen LogP contribution in [0, 0.1) is 11.7 Å². The molecule has 0 fully saturated rings. The fourth-order valence-electron chi connectivity index (χ4n) is 1.81. The summed E-state index contributed by atoms with van der Waals surface area (Å²) in [5.74, 6) is -0.699. The van der Waals surface area contributed by atoms with Gasteiger partial charge in [0.15, 0.2) is 0 Å². The van der Waals surface area contributed by atoms with Gasteiger partial charge in [0, 0.05) is 16.4 Å². The first-order valence-corrected chi connectivity index (χ1v) is 7.12. The molecule has 2 rings (SSSR count). The lowest BCUT2D eigenvalue weighted by Crippen LogP contribution is -2.34. The Labute approximate surface area is 124 Å². The second-order valence-corrected chi connectivity index (χ2v) is 5.97. The Morgan fingerprint density at radius 1 is 1.45 bits per heavy atom. The zero-order valence-electron chi connectivity index (χ0n) is 11.2. The molecule has 1 aromatic heterocycles. The molecule has 1 aromatic carbocycles. The minimum atomic E-state index is -0.603. The van der Waals surface area contributed by atoms with Crippen molar-refractivity contribution in [1.82, 2.24) is 10.3 Å². The number of nitrogens with one attached hydrogen (secondary N) is 2. The van der Waals surface area contributed by atoms with E-state index in [4.69, 9.17) is 0 Å². The Balaban J connectivity index is 2.17. The van der Waals surface area contributed by atoms with E-state index in [0.29, 0.717) is 15.4 Å². The number of aliphatic hydroxyl groups excluding tert-OH is 1. The van der Waals surface area contributed by atoms with Crippen molar-refractivity contribution < 1.29 is 14.3 Å². The van der Waals surface area contributed by atoms with E-state index in [1.165, 1.54) is 12.1 Å². The number of amides is 1.